The van der Waals surface area contributed by atoms with Crippen LogP contribution in [0, 0.1) is 0 Å². The molecule has 0 aliphatic heterocycles. The van der Waals surface area contributed by atoms with Crippen LogP contribution >= 0.6 is 31.9 Å². The molecule has 0 spiro atoms. The lowest BCUT2D eigenvalue weighted by Gasteiger charge is -2.14. The second-order valence-electron chi connectivity index (χ2n) is 7.06. The van der Waals surface area contributed by atoms with E-state index in [9.17, 15) is 17.8 Å². The van der Waals surface area contributed by atoms with Gasteiger partial charge in [-0.25, -0.2) is 4.79 Å². The van der Waals surface area contributed by atoms with Crippen LogP contribution in [0.15, 0.2) is 57.7 Å². The Kier molecular flexibility index (Phi) is 6.46. The van der Waals surface area contributed by atoms with Crippen molar-refractivity contribution in [3.63, 3.8) is 0 Å². The molecule has 168 valence electrons. The predicted molar refractivity (Wildman–Crippen MR) is 127 cm³/mol. The Morgan fingerprint density at radius 3 is 2.53 bits per heavy atom. The third kappa shape index (κ3) is 4.48. The van der Waals surface area contributed by atoms with Crippen LogP contribution in [0.4, 0.5) is 4.79 Å². The molecule has 8 nitrogen and oxygen atoms in total. The highest BCUT2D eigenvalue weighted by molar-refractivity contribution is 9.10. The van der Waals surface area contributed by atoms with Gasteiger partial charge >= 0.3 is 6.09 Å². The molecule has 0 radical (unpaired) electrons. The average molecular weight is 586 g/mol. The first-order valence-corrected chi connectivity index (χ1v) is 12.5. The maximum absolute atomic E-state index is 12.2. The summed E-state index contributed by atoms with van der Waals surface area (Å²) >= 11 is 6.77. The van der Waals surface area contributed by atoms with Crippen molar-refractivity contribution in [1.82, 2.24) is 9.55 Å². The monoisotopic (exact) mass is 584 g/mol. The summed E-state index contributed by atoms with van der Waals surface area (Å²) in [4.78, 5) is 15.4. The van der Waals surface area contributed by atoms with E-state index < -0.39 is 21.6 Å². The molecule has 2 N–H and O–H groups in total. The highest BCUT2D eigenvalue weighted by Gasteiger charge is 2.31. The Bertz CT molecular complexity index is 1430. The first-order chi connectivity index (χ1) is 15.2. The number of halogens is 2. The fourth-order valence-electron chi connectivity index (χ4n) is 3.64. The zero-order valence-electron chi connectivity index (χ0n) is 16.7. The van der Waals surface area contributed by atoms with Crippen LogP contribution in [-0.4, -0.2) is 42.3 Å². The molecule has 0 bridgehead atoms. The number of hydrogen-bond acceptors (Lipinski definition) is 5. The second-order valence-corrected chi connectivity index (χ2v) is 10.3. The summed E-state index contributed by atoms with van der Waals surface area (Å²) in [6, 6.07) is 10.8. The number of hydrogen-bond donors (Lipinski definition) is 2. The van der Waals surface area contributed by atoms with Crippen molar-refractivity contribution in [3.8, 4) is 0 Å². The smallest absolute Gasteiger partial charge is 0.418 e. The number of fused-ring (bicyclic) bond motifs is 2. The molecule has 4 rings (SSSR count). The van der Waals surface area contributed by atoms with Gasteiger partial charge in [0.2, 0.25) is 5.44 Å². The van der Waals surface area contributed by atoms with E-state index in [2.05, 4.69) is 36.8 Å². The molecule has 0 fully saturated rings. The van der Waals surface area contributed by atoms with Crippen molar-refractivity contribution in [2.45, 2.75) is 11.9 Å². The summed E-state index contributed by atoms with van der Waals surface area (Å²) in [5.74, 6) is 0. The number of benzene rings is 2. The predicted octanol–water partition coefficient (Wildman–Crippen LogP) is 5.41. The largest absolute Gasteiger partial charge is 0.452 e. The van der Waals surface area contributed by atoms with Gasteiger partial charge in [0.25, 0.3) is 10.1 Å². The molecule has 0 aliphatic rings. The number of carbonyl (C=O) groups excluding carboxylic acids is 1. The lowest BCUT2D eigenvalue weighted by Crippen LogP contribution is -2.17. The first kappa shape index (κ1) is 23.0. The van der Waals surface area contributed by atoms with Crippen molar-refractivity contribution >= 4 is 69.9 Å². The van der Waals surface area contributed by atoms with Gasteiger partial charge in [0.15, 0.2) is 0 Å². The van der Waals surface area contributed by atoms with E-state index in [0.717, 1.165) is 20.9 Å². The van der Waals surface area contributed by atoms with Gasteiger partial charge in [0, 0.05) is 43.2 Å². The fraction of sp³-hybridized carbons (Fsp3) is 0.190. The first-order valence-electron chi connectivity index (χ1n) is 9.41. The second kappa shape index (κ2) is 8.99. The van der Waals surface area contributed by atoms with Crippen molar-refractivity contribution in [2.75, 3.05) is 13.7 Å². The molecule has 2 heterocycles. The van der Waals surface area contributed by atoms with Crippen molar-refractivity contribution in [3.05, 3.63) is 68.9 Å². The number of rotatable bonds is 6. The summed E-state index contributed by atoms with van der Waals surface area (Å²) in [6.45, 7) is 0.0227. The lowest BCUT2D eigenvalue weighted by molar-refractivity contribution is 0.103. The zero-order valence-corrected chi connectivity index (χ0v) is 20.7. The third-order valence-corrected chi connectivity index (χ3v) is 6.98. The van der Waals surface area contributed by atoms with Crippen LogP contribution in [0.5, 0.6) is 0 Å². The third-order valence-electron chi connectivity index (χ3n) is 5.06. The van der Waals surface area contributed by atoms with E-state index in [0.29, 0.717) is 21.8 Å². The van der Waals surface area contributed by atoms with Crippen LogP contribution in [-0.2, 0) is 26.0 Å². The van der Waals surface area contributed by atoms with Gasteiger partial charge in [-0.3, -0.25) is 9.12 Å². The highest BCUT2D eigenvalue weighted by atomic mass is 79.9. The maximum atomic E-state index is 12.2. The SMILES string of the molecule is COC(=O)n1cc(C(OCCc2c[nH]c3cc(Br)ccc23)S(=O)(=O)O)c2ccc(Br)cc21. The minimum atomic E-state index is -4.64. The Morgan fingerprint density at radius 2 is 1.84 bits per heavy atom. The molecule has 2 aromatic heterocycles. The molecule has 0 aliphatic carbocycles. The zero-order chi connectivity index (χ0) is 23.0. The van der Waals surface area contributed by atoms with Crippen molar-refractivity contribution in [1.29, 1.82) is 0 Å². The molecule has 32 heavy (non-hydrogen) atoms. The number of carbonyl (C=O) groups is 1. The quantitative estimate of drug-likeness (QED) is 0.293. The van der Waals surface area contributed by atoms with E-state index >= 15 is 0 Å². The van der Waals surface area contributed by atoms with Crippen LogP contribution in [0.1, 0.15) is 16.6 Å². The lowest BCUT2D eigenvalue weighted by atomic mass is 10.1. The summed E-state index contributed by atoms with van der Waals surface area (Å²) in [6.07, 6.45) is 2.86. The number of methoxy groups -OCH3 is 1. The Balaban J connectivity index is 1.66. The fourth-order valence-corrected chi connectivity index (χ4v) is 5.13. The Labute approximate surface area is 200 Å². The van der Waals surface area contributed by atoms with Gasteiger partial charge in [0.1, 0.15) is 0 Å². The minimum absolute atomic E-state index is 0.0227. The van der Waals surface area contributed by atoms with E-state index in [1.807, 2.05) is 24.4 Å². The van der Waals surface area contributed by atoms with Gasteiger partial charge in [-0.2, -0.15) is 8.42 Å². The van der Waals surface area contributed by atoms with Gasteiger partial charge in [-0.1, -0.05) is 44.0 Å². The summed E-state index contributed by atoms with van der Waals surface area (Å²) in [5.41, 5.74) is 0.773. The molecule has 0 saturated carbocycles. The van der Waals surface area contributed by atoms with Crippen molar-refractivity contribution in [2.24, 2.45) is 0 Å². The van der Waals surface area contributed by atoms with Crippen LogP contribution in [0.3, 0.4) is 0 Å². The van der Waals surface area contributed by atoms with E-state index in [1.165, 1.54) is 17.9 Å². The molecule has 1 atom stereocenters. The van der Waals surface area contributed by atoms with Gasteiger partial charge in [-0.15, -0.1) is 0 Å². The summed E-state index contributed by atoms with van der Waals surface area (Å²) in [7, 11) is -3.42. The van der Waals surface area contributed by atoms with Crippen LogP contribution < -0.4 is 0 Å². The van der Waals surface area contributed by atoms with Crippen LogP contribution in [0.2, 0.25) is 0 Å². The standard InChI is InChI=1S/C21H18Br2N2O6S/c1-30-21(26)25-11-17(16-5-3-14(23)9-19(16)25)20(32(27,28)29)31-7-6-12-10-24-18-8-13(22)2-4-15(12)18/h2-5,8-11,20,24H,6-7H2,1H3,(H,27,28,29). The maximum Gasteiger partial charge on any atom is 0.418 e. The normalized spacial score (nSPS) is 13.0. The number of H-pyrrole nitrogens is 1. The number of nitrogens with one attached hydrogen (secondary N) is 1. The molecular formula is C21H18Br2N2O6S. The van der Waals surface area contributed by atoms with Gasteiger partial charge in [-0.05, 0) is 36.2 Å². The number of aromatic amines is 1. The number of aromatic nitrogens is 2. The summed E-state index contributed by atoms with van der Waals surface area (Å²) < 4.78 is 47.6. The van der Waals surface area contributed by atoms with E-state index in [1.54, 1.807) is 18.2 Å². The Morgan fingerprint density at radius 1 is 1.16 bits per heavy atom. The number of ether oxygens (including phenoxy) is 2. The van der Waals surface area contributed by atoms with Gasteiger partial charge < -0.3 is 14.5 Å². The van der Waals surface area contributed by atoms with Crippen molar-refractivity contribution < 1.29 is 27.2 Å². The number of nitrogens with zero attached hydrogens (tertiary/aromatic N) is 1. The minimum Gasteiger partial charge on any atom is -0.452 e. The Hall–Kier alpha value is -2.18. The van der Waals surface area contributed by atoms with Gasteiger partial charge in [0.05, 0.1) is 19.2 Å². The molecular weight excluding hydrogens is 568 g/mol. The molecule has 11 heteroatoms. The van der Waals surface area contributed by atoms with Crippen LogP contribution in [0.25, 0.3) is 21.8 Å². The average Bonchev–Trinajstić information content (AvgIpc) is 3.30. The van der Waals surface area contributed by atoms with E-state index in [-0.39, 0.29) is 12.2 Å². The molecule has 2 aromatic carbocycles. The molecule has 1 unspecified atom stereocenters. The molecule has 0 saturated heterocycles. The molecule has 4 aromatic rings. The summed E-state index contributed by atoms with van der Waals surface area (Å²) in [5, 5.41) is 1.44. The molecule has 0 amide bonds. The van der Waals surface area contributed by atoms with E-state index in [4.69, 9.17) is 9.47 Å². The highest BCUT2D eigenvalue weighted by Crippen LogP contribution is 2.34. The topological polar surface area (TPSA) is 111 Å².